The molecule has 1 aliphatic rings. The molecule has 0 unspecified atom stereocenters. The summed E-state index contributed by atoms with van der Waals surface area (Å²) in [7, 11) is 0. The average Bonchev–Trinajstić information content (AvgIpc) is 3.51. The number of nitrogens with zero attached hydrogens (tertiary/aromatic N) is 1. The zero-order chi connectivity index (χ0) is 24.2. The number of benzene rings is 2. The fraction of sp³-hybridized carbons (Fsp3) is 0.261. The molecule has 8 nitrogen and oxygen atoms in total. The third-order valence-corrected chi connectivity index (χ3v) is 5.47. The van der Waals surface area contributed by atoms with Gasteiger partial charge in [-0.1, -0.05) is 24.3 Å². The normalized spacial score (nSPS) is 17.9. The van der Waals surface area contributed by atoms with Crippen molar-refractivity contribution in [2.45, 2.75) is 24.7 Å². The number of amides is 2. The van der Waals surface area contributed by atoms with Crippen molar-refractivity contribution in [1.82, 2.24) is 20.8 Å². The summed E-state index contributed by atoms with van der Waals surface area (Å²) < 4.78 is 44.9. The van der Waals surface area contributed by atoms with E-state index in [0.29, 0.717) is 18.7 Å². The molecule has 1 aromatic heterocycles. The van der Waals surface area contributed by atoms with E-state index in [1.54, 1.807) is 24.3 Å². The number of H-pyrrole nitrogens is 1. The second-order valence-corrected chi connectivity index (χ2v) is 7.86. The first-order valence-electron chi connectivity index (χ1n) is 10.5. The van der Waals surface area contributed by atoms with Crippen LogP contribution in [0.2, 0.25) is 0 Å². The molecule has 2 heterocycles. The van der Waals surface area contributed by atoms with Gasteiger partial charge in [-0.3, -0.25) is 14.7 Å². The lowest BCUT2D eigenvalue weighted by atomic mass is 9.97. The molecule has 2 amide bonds. The van der Waals surface area contributed by atoms with Gasteiger partial charge in [-0.25, -0.2) is 0 Å². The summed E-state index contributed by atoms with van der Waals surface area (Å²) in [5.74, 6) is -0.855. The third kappa shape index (κ3) is 5.20. The van der Waals surface area contributed by atoms with Crippen LogP contribution in [-0.4, -0.2) is 40.8 Å². The number of aromatic nitrogens is 2. The topological polar surface area (TPSA) is 108 Å². The van der Waals surface area contributed by atoms with Crippen molar-refractivity contribution in [2.75, 3.05) is 18.5 Å². The summed E-state index contributed by atoms with van der Waals surface area (Å²) in [6.45, 7) is 0.538. The number of alkyl halides is 3. The maximum atomic E-state index is 13.2. The molecular formula is C23H22F3N5O3. The van der Waals surface area contributed by atoms with E-state index >= 15 is 0 Å². The van der Waals surface area contributed by atoms with Gasteiger partial charge in [-0.05, 0) is 35.9 Å². The van der Waals surface area contributed by atoms with Crippen molar-refractivity contribution in [3.8, 4) is 0 Å². The van der Waals surface area contributed by atoms with Crippen molar-refractivity contribution in [2.24, 2.45) is 0 Å². The van der Waals surface area contributed by atoms with E-state index in [1.165, 1.54) is 30.5 Å². The molecule has 11 heteroatoms. The van der Waals surface area contributed by atoms with Gasteiger partial charge in [0.25, 0.3) is 5.91 Å². The number of carbonyl (C=O) groups excluding carboxylic acids is 2. The maximum Gasteiger partial charge on any atom is 0.418 e. The molecule has 178 valence electrons. The number of halogens is 3. The van der Waals surface area contributed by atoms with E-state index in [0.717, 1.165) is 11.6 Å². The molecule has 1 aliphatic heterocycles. The molecule has 0 radical (unpaired) electrons. The molecule has 0 saturated carbocycles. The molecule has 1 atom stereocenters. The lowest BCUT2D eigenvalue weighted by Crippen LogP contribution is -2.59. The monoisotopic (exact) mass is 473 g/mol. The van der Waals surface area contributed by atoms with E-state index in [2.05, 4.69) is 26.1 Å². The Bertz CT molecular complexity index is 1140. The highest BCUT2D eigenvalue weighted by atomic mass is 19.4. The summed E-state index contributed by atoms with van der Waals surface area (Å²) in [6.07, 6.45) is -2.71. The van der Waals surface area contributed by atoms with Crippen molar-refractivity contribution in [3.05, 3.63) is 77.6 Å². The quantitative estimate of drug-likeness (QED) is 0.421. The van der Waals surface area contributed by atoms with Gasteiger partial charge in [-0.15, -0.1) is 0 Å². The zero-order valence-electron chi connectivity index (χ0n) is 17.9. The van der Waals surface area contributed by atoms with Gasteiger partial charge in [0.15, 0.2) is 0 Å². The minimum Gasteiger partial charge on any atom is -0.378 e. The number of para-hydroxylation sites is 1. The van der Waals surface area contributed by atoms with Gasteiger partial charge in [0.05, 0.1) is 17.9 Å². The zero-order valence-corrected chi connectivity index (χ0v) is 17.9. The number of aromatic amines is 1. The predicted octanol–water partition coefficient (Wildman–Crippen LogP) is 3.38. The molecule has 0 bridgehead atoms. The number of nitrogens with one attached hydrogen (secondary N) is 4. The minimum atomic E-state index is -4.47. The molecule has 1 saturated heterocycles. The lowest BCUT2D eigenvalue weighted by molar-refractivity contribution is -0.137. The van der Waals surface area contributed by atoms with Crippen LogP contribution >= 0.6 is 0 Å². The molecule has 3 aromatic rings. The fourth-order valence-electron chi connectivity index (χ4n) is 3.62. The van der Waals surface area contributed by atoms with Crippen LogP contribution in [-0.2, 0) is 22.3 Å². The first kappa shape index (κ1) is 23.3. The Labute approximate surface area is 192 Å². The fourth-order valence-corrected chi connectivity index (χ4v) is 3.62. The van der Waals surface area contributed by atoms with E-state index in [-0.39, 0.29) is 30.4 Å². The minimum absolute atomic E-state index is 0.0418. The van der Waals surface area contributed by atoms with Crippen LogP contribution in [0.25, 0.3) is 0 Å². The standard InChI is InChI=1S/C23H22F3N5O3/c24-23(25,26)17-3-1-2-4-18(17)29-16-7-5-15(6-8-16)13-27-21(33)22(10-12-34-14-22)30-20(32)19-9-11-28-31-19/h1-9,11,29H,10,12-14H2,(H,27,33)(H,28,31)(H,30,32)/t22-/m0/s1. The number of anilines is 2. The number of rotatable bonds is 7. The Hall–Kier alpha value is -3.86. The van der Waals surface area contributed by atoms with Crippen molar-refractivity contribution in [3.63, 3.8) is 0 Å². The smallest absolute Gasteiger partial charge is 0.378 e. The van der Waals surface area contributed by atoms with Crippen LogP contribution in [0, 0.1) is 0 Å². The van der Waals surface area contributed by atoms with Gasteiger partial charge in [0.1, 0.15) is 11.2 Å². The van der Waals surface area contributed by atoms with Gasteiger partial charge in [0.2, 0.25) is 5.91 Å². The summed E-state index contributed by atoms with van der Waals surface area (Å²) in [4.78, 5) is 25.4. The average molecular weight is 473 g/mol. The van der Waals surface area contributed by atoms with Gasteiger partial charge in [-0.2, -0.15) is 18.3 Å². The van der Waals surface area contributed by atoms with Crippen molar-refractivity contribution in [1.29, 1.82) is 0 Å². The van der Waals surface area contributed by atoms with Gasteiger partial charge < -0.3 is 20.7 Å². The maximum absolute atomic E-state index is 13.2. The molecule has 4 rings (SSSR count). The highest BCUT2D eigenvalue weighted by molar-refractivity contribution is 5.98. The number of carbonyl (C=O) groups is 2. The summed E-state index contributed by atoms with van der Waals surface area (Å²) in [5.41, 5.74) is -0.573. The number of hydrogen-bond donors (Lipinski definition) is 4. The summed E-state index contributed by atoms with van der Waals surface area (Å²) in [5, 5.41) is 14.6. The Morgan fingerprint density at radius 1 is 1.09 bits per heavy atom. The number of ether oxygens (including phenoxy) is 1. The van der Waals surface area contributed by atoms with Crippen LogP contribution in [0.3, 0.4) is 0 Å². The Morgan fingerprint density at radius 2 is 1.85 bits per heavy atom. The molecule has 4 N–H and O–H groups in total. The predicted molar refractivity (Wildman–Crippen MR) is 117 cm³/mol. The van der Waals surface area contributed by atoms with Crippen molar-refractivity contribution < 1.29 is 27.5 Å². The second kappa shape index (κ2) is 9.56. The van der Waals surface area contributed by atoms with E-state index in [4.69, 9.17) is 4.74 Å². The van der Waals surface area contributed by atoms with Crippen LogP contribution in [0.4, 0.5) is 24.5 Å². The molecule has 2 aromatic carbocycles. The van der Waals surface area contributed by atoms with Gasteiger partial charge >= 0.3 is 6.18 Å². The van der Waals surface area contributed by atoms with Gasteiger partial charge in [0, 0.05) is 31.5 Å². The lowest BCUT2D eigenvalue weighted by Gasteiger charge is -2.27. The SMILES string of the molecule is O=C(N[C@@]1(C(=O)NCc2ccc(Nc3ccccc3C(F)(F)F)cc2)CCOC1)c1ccn[nH]1. The van der Waals surface area contributed by atoms with Crippen LogP contribution in [0.1, 0.15) is 28.0 Å². The number of hydrogen-bond acceptors (Lipinski definition) is 5. The third-order valence-electron chi connectivity index (χ3n) is 5.47. The molecule has 0 spiro atoms. The molecular weight excluding hydrogens is 451 g/mol. The highest BCUT2D eigenvalue weighted by Gasteiger charge is 2.44. The largest absolute Gasteiger partial charge is 0.418 e. The Kier molecular flexibility index (Phi) is 6.55. The van der Waals surface area contributed by atoms with Crippen LogP contribution < -0.4 is 16.0 Å². The first-order chi connectivity index (χ1) is 16.3. The van der Waals surface area contributed by atoms with Crippen LogP contribution in [0.5, 0.6) is 0 Å². The molecule has 1 fully saturated rings. The van der Waals surface area contributed by atoms with Crippen molar-refractivity contribution >= 4 is 23.2 Å². The van der Waals surface area contributed by atoms with E-state index in [9.17, 15) is 22.8 Å². The highest BCUT2D eigenvalue weighted by Crippen LogP contribution is 2.35. The summed E-state index contributed by atoms with van der Waals surface area (Å²) >= 11 is 0. The Balaban J connectivity index is 1.38. The van der Waals surface area contributed by atoms with Crippen LogP contribution in [0.15, 0.2) is 60.8 Å². The second-order valence-electron chi connectivity index (χ2n) is 7.86. The Morgan fingerprint density at radius 3 is 2.50 bits per heavy atom. The summed E-state index contributed by atoms with van der Waals surface area (Å²) in [6, 6.07) is 13.4. The first-order valence-corrected chi connectivity index (χ1v) is 10.5. The van der Waals surface area contributed by atoms with E-state index in [1.807, 2.05) is 0 Å². The molecule has 0 aliphatic carbocycles. The molecule has 34 heavy (non-hydrogen) atoms. The van der Waals surface area contributed by atoms with E-state index < -0.39 is 23.2 Å².